The van der Waals surface area contributed by atoms with E-state index in [0.29, 0.717) is 0 Å². The van der Waals surface area contributed by atoms with E-state index >= 15 is 0 Å². The van der Waals surface area contributed by atoms with Gasteiger partial charge in [0.1, 0.15) is 6.10 Å². The van der Waals surface area contributed by atoms with Crippen molar-refractivity contribution in [2.24, 2.45) is 5.92 Å². The summed E-state index contributed by atoms with van der Waals surface area (Å²) >= 11 is 0. The van der Waals surface area contributed by atoms with Crippen LogP contribution in [0.5, 0.6) is 0 Å². The molecule has 0 aliphatic carbocycles. The Morgan fingerprint density at radius 1 is 1.24 bits per heavy atom. The van der Waals surface area contributed by atoms with E-state index in [1.165, 1.54) is 13.0 Å². The molecule has 1 amide bonds. The third kappa shape index (κ3) is 3.98. The van der Waals surface area contributed by atoms with Gasteiger partial charge in [0.15, 0.2) is 0 Å². The van der Waals surface area contributed by atoms with Crippen LogP contribution in [0.3, 0.4) is 0 Å². The van der Waals surface area contributed by atoms with Crippen molar-refractivity contribution < 1.29 is 9.53 Å². The Kier molecular flexibility index (Phi) is 5.31. The van der Waals surface area contributed by atoms with Crippen LogP contribution in [-0.4, -0.2) is 59.6 Å². The molecule has 122 valence electrons. The highest BCUT2D eigenvalue weighted by atomic mass is 16.5. The maximum atomic E-state index is 12.2. The summed E-state index contributed by atoms with van der Waals surface area (Å²) in [5.41, 5.74) is -0.105. The minimum Gasteiger partial charge on any atom is -0.360 e. The van der Waals surface area contributed by atoms with Gasteiger partial charge in [-0.15, -0.1) is 0 Å². The lowest BCUT2D eigenvalue weighted by atomic mass is 9.87. The Labute approximate surface area is 129 Å². The molecule has 0 saturated carbocycles. The van der Waals surface area contributed by atoms with Crippen LogP contribution in [0.1, 0.15) is 53.9 Å². The van der Waals surface area contributed by atoms with Crippen LogP contribution in [0.4, 0.5) is 0 Å². The lowest BCUT2D eigenvalue weighted by Crippen LogP contribution is -2.62. The van der Waals surface area contributed by atoms with Gasteiger partial charge in [-0.2, -0.15) is 0 Å². The first-order chi connectivity index (χ1) is 9.83. The topological polar surface area (TPSA) is 32.8 Å². The van der Waals surface area contributed by atoms with Gasteiger partial charge >= 0.3 is 0 Å². The fourth-order valence-corrected chi connectivity index (χ4v) is 3.42. The van der Waals surface area contributed by atoms with Crippen LogP contribution >= 0.6 is 0 Å². The number of ether oxygens (including phenoxy) is 1. The van der Waals surface area contributed by atoms with E-state index in [-0.39, 0.29) is 23.7 Å². The SMILES string of the molecule is CC(C)CCN1CCC2(CC1)CN(C(C)C)C(=O)C(C)O2. The van der Waals surface area contributed by atoms with Gasteiger partial charge < -0.3 is 14.5 Å². The smallest absolute Gasteiger partial charge is 0.251 e. The minimum atomic E-state index is -0.289. The van der Waals surface area contributed by atoms with E-state index in [0.717, 1.165) is 38.4 Å². The van der Waals surface area contributed by atoms with Crippen LogP contribution in [-0.2, 0) is 9.53 Å². The van der Waals surface area contributed by atoms with Gasteiger partial charge in [-0.05, 0) is 52.5 Å². The standard InChI is InChI=1S/C17H32N2O2/c1-13(2)6-9-18-10-7-17(8-11-18)12-19(14(3)4)16(20)15(5)21-17/h13-15H,6-12H2,1-5H3. The van der Waals surface area contributed by atoms with E-state index in [1.807, 2.05) is 11.8 Å². The summed E-state index contributed by atoms with van der Waals surface area (Å²) in [6.45, 7) is 14.8. The summed E-state index contributed by atoms with van der Waals surface area (Å²) in [6.07, 6.45) is 3.07. The largest absolute Gasteiger partial charge is 0.360 e. The van der Waals surface area contributed by atoms with Crippen molar-refractivity contribution in [1.82, 2.24) is 9.80 Å². The summed E-state index contributed by atoms with van der Waals surface area (Å²) < 4.78 is 6.16. The van der Waals surface area contributed by atoms with Crippen molar-refractivity contribution in [2.45, 2.75) is 71.6 Å². The normalized spacial score (nSPS) is 27.1. The lowest BCUT2D eigenvalue weighted by molar-refractivity contribution is -0.192. The zero-order valence-electron chi connectivity index (χ0n) is 14.4. The molecule has 0 N–H and O–H groups in total. The molecule has 2 heterocycles. The fourth-order valence-electron chi connectivity index (χ4n) is 3.42. The maximum absolute atomic E-state index is 12.2. The van der Waals surface area contributed by atoms with Gasteiger partial charge in [0.05, 0.1) is 12.1 Å². The molecule has 2 aliphatic rings. The van der Waals surface area contributed by atoms with Crippen LogP contribution in [0, 0.1) is 5.92 Å². The van der Waals surface area contributed by atoms with E-state index in [4.69, 9.17) is 4.74 Å². The summed E-state index contributed by atoms with van der Waals surface area (Å²) in [5.74, 6) is 0.916. The molecule has 0 bridgehead atoms. The van der Waals surface area contributed by atoms with Crippen LogP contribution in [0.2, 0.25) is 0 Å². The Morgan fingerprint density at radius 3 is 2.38 bits per heavy atom. The van der Waals surface area contributed by atoms with Crippen LogP contribution < -0.4 is 0 Å². The number of hydrogen-bond acceptors (Lipinski definition) is 3. The van der Waals surface area contributed by atoms with Crippen molar-refractivity contribution in [2.75, 3.05) is 26.2 Å². The number of nitrogens with zero attached hydrogens (tertiary/aromatic N) is 2. The van der Waals surface area contributed by atoms with E-state index in [9.17, 15) is 4.79 Å². The average Bonchev–Trinajstić information content (AvgIpc) is 2.42. The Balaban J connectivity index is 1.94. The van der Waals surface area contributed by atoms with Gasteiger partial charge in [-0.1, -0.05) is 13.8 Å². The van der Waals surface area contributed by atoms with Gasteiger partial charge in [-0.3, -0.25) is 4.79 Å². The molecule has 21 heavy (non-hydrogen) atoms. The number of amides is 1. The van der Waals surface area contributed by atoms with Crippen molar-refractivity contribution in [1.29, 1.82) is 0 Å². The number of morpholine rings is 1. The summed E-state index contributed by atoms with van der Waals surface area (Å²) in [6, 6.07) is 0.264. The van der Waals surface area contributed by atoms with Crippen LogP contribution in [0.25, 0.3) is 0 Å². The number of carbonyl (C=O) groups excluding carboxylic acids is 1. The Hall–Kier alpha value is -0.610. The summed E-state index contributed by atoms with van der Waals surface area (Å²) in [7, 11) is 0. The van der Waals surface area contributed by atoms with Crippen molar-refractivity contribution in [3.05, 3.63) is 0 Å². The third-order valence-corrected chi connectivity index (χ3v) is 4.93. The fraction of sp³-hybridized carbons (Fsp3) is 0.941. The molecular weight excluding hydrogens is 264 g/mol. The Bertz CT molecular complexity index is 360. The number of likely N-dealkylation sites (tertiary alicyclic amines) is 1. The zero-order valence-corrected chi connectivity index (χ0v) is 14.4. The number of hydrogen-bond donors (Lipinski definition) is 0. The summed E-state index contributed by atoms with van der Waals surface area (Å²) in [4.78, 5) is 16.8. The highest BCUT2D eigenvalue weighted by molar-refractivity contribution is 5.81. The molecule has 1 spiro atoms. The molecule has 2 saturated heterocycles. The summed E-state index contributed by atoms with van der Waals surface area (Å²) in [5, 5.41) is 0. The highest BCUT2D eigenvalue weighted by Gasteiger charge is 2.45. The van der Waals surface area contributed by atoms with Crippen LogP contribution in [0.15, 0.2) is 0 Å². The quantitative estimate of drug-likeness (QED) is 0.799. The molecule has 0 aromatic carbocycles. The van der Waals surface area contributed by atoms with Crippen molar-refractivity contribution >= 4 is 5.91 Å². The van der Waals surface area contributed by atoms with E-state index in [1.54, 1.807) is 0 Å². The second-order valence-electron chi connectivity index (χ2n) is 7.53. The molecule has 0 aromatic rings. The number of rotatable bonds is 4. The second-order valence-corrected chi connectivity index (χ2v) is 7.53. The molecule has 4 nitrogen and oxygen atoms in total. The predicted octanol–water partition coefficient (Wildman–Crippen LogP) is 2.52. The lowest BCUT2D eigenvalue weighted by Gasteiger charge is -2.50. The molecular formula is C17H32N2O2. The van der Waals surface area contributed by atoms with Crippen molar-refractivity contribution in [3.8, 4) is 0 Å². The van der Waals surface area contributed by atoms with Gasteiger partial charge in [-0.25, -0.2) is 0 Å². The molecule has 4 heteroatoms. The molecule has 0 radical (unpaired) electrons. The van der Waals surface area contributed by atoms with Gasteiger partial charge in [0.2, 0.25) is 0 Å². The molecule has 2 aliphatic heterocycles. The Morgan fingerprint density at radius 2 is 1.86 bits per heavy atom. The zero-order chi connectivity index (χ0) is 15.6. The molecule has 2 fully saturated rings. The molecule has 0 aromatic heterocycles. The first-order valence-corrected chi connectivity index (χ1v) is 8.54. The van der Waals surface area contributed by atoms with Crippen molar-refractivity contribution in [3.63, 3.8) is 0 Å². The number of piperidine rings is 1. The number of carbonyl (C=O) groups is 1. The predicted molar refractivity (Wildman–Crippen MR) is 85.3 cm³/mol. The maximum Gasteiger partial charge on any atom is 0.251 e. The molecule has 1 unspecified atom stereocenters. The van der Waals surface area contributed by atoms with Gasteiger partial charge in [0, 0.05) is 19.1 Å². The van der Waals surface area contributed by atoms with E-state index in [2.05, 4.69) is 32.6 Å². The highest BCUT2D eigenvalue weighted by Crippen LogP contribution is 2.33. The molecule has 1 atom stereocenters. The average molecular weight is 296 g/mol. The minimum absolute atomic E-state index is 0.105. The second kappa shape index (κ2) is 6.66. The first-order valence-electron chi connectivity index (χ1n) is 8.54. The van der Waals surface area contributed by atoms with E-state index < -0.39 is 0 Å². The first kappa shape index (κ1) is 16.8. The monoisotopic (exact) mass is 296 g/mol. The third-order valence-electron chi connectivity index (χ3n) is 4.93. The van der Waals surface area contributed by atoms with Gasteiger partial charge in [0.25, 0.3) is 5.91 Å². The molecule has 2 rings (SSSR count).